The molecule has 3 atom stereocenters. The molecule has 1 aliphatic carbocycles. The van der Waals surface area contributed by atoms with E-state index in [1.165, 1.54) is 25.6 Å². The quantitative estimate of drug-likeness (QED) is 0.409. The van der Waals surface area contributed by atoms with Gasteiger partial charge in [0.1, 0.15) is 23.6 Å². The second kappa shape index (κ2) is 8.88. The lowest BCUT2D eigenvalue weighted by atomic mass is 9.91. The van der Waals surface area contributed by atoms with E-state index in [1.54, 1.807) is 35.0 Å². The zero-order chi connectivity index (χ0) is 23.8. The molecule has 0 aliphatic heterocycles. The van der Waals surface area contributed by atoms with Crippen LogP contribution in [0.1, 0.15) is 25.3 Å². The first-order valence-corrected chi connectivity index (χ1v) is 10.9. The smallest absolute Gasteiger partial charge is 0.207 e. The molecule has 1 saturated carbocycles. The number of aromatic nitrogens is 4. The highest BCUT2D eigenvalue weighted by Gasteiger charge is 2.31. The highest BCUT2D eigenvalue weighted by atomic mass is 19.1. The number of halogens is 1. The van der Waals surface area contributed by atoms with Crippen LogP contribution in [0.15, 0.2) is 48.8 Å². The van der Waals surface area contributed by atoms with Crippen molar-refractivity contribution in [2.45, 2.75) is 37.5 Å². The van der Waals surface area contributed by atoms with E-state index >= 15 is 0 Å². The van der Waals surface area contributed by atoms with Crippen molar-refractivity contribution in [1.82, 2.24) is 19.7 Å². The Balaban J connectivity index is 1.49. The largest absolute Gasteiger partial charge is 0.494 e. The Labute approximate surface area is 194 Å². The van der Waals surface area contributed by atoms with Gasteiger partial charge in [-0.15, -0.1) is 0 Å². The minimum absolute atomic E-state index is 0.0533. The highest BCUT2D eigenvalue weighted by molar-refractivity contribution is 5.98. The maximum Gasteiger partial charge on any atom is 0.207 e. The fraction of sp³-hybridized carbons (Fsp3) is 0.292. The number of nitrogens with two attached hydrogens (primary N) is 1. The van der Waals surface area contributed by atoms with Gasteiger partial charge in [0.2, 0.25) is 5.82 Å². The van der Waals surface area contributed by atoms with Gasteiger partial charge in [-0.25, -0.2) is 14.6 Å². The van der Waals surface area contributed by atoms with Crippen LogP contribution in [0.25, 0.3) is 22.3 Å². The van der Waals surface area contributed by atoms with E-state index in [-0.39, 0.29) is 17.5 Å². The summed E-state index contributed by atoms with van der Waals surface area (Å²) in [5, 5.41) is 25.4. The SMILES string of the molecule is COc1cccc(Oc2ccc(-c3nn(C4CCC(O)C(O)C4)c4ncnc(N)c34)cc2)c1F. The second-order valence-corrected chi connectivity index (χ2v) is 8.25. The van der Waals surface area contributed by atoms with Gasteiger partial charge in [-0.05, 0) is 55.7 Å². The molecule has 0 bridgehead atoms. The van der Waals surface area contributed by atoms with E-state index in [1.807, 2.05) is 0 Å². The van der Waals surface area contributed by atoms with Crippen molar-refractivity contribution in [2.75, 3.05) is 12.8 Å². The average Bonchev–Trinajstić information content (AvgIpc) is 3.24. The van der Waals surface area contributed by atoms with Crippen LogP contribution in [-0.4, -0.2) is 49.3 Å². The third-order valence-electron chi connectivity index (χ3n) is 6.12. The molecule has 10 heteroatoms. The zero-order valence-electron chi connectivity index (χ0n) is 18.4. The number of fused-ring (bicyclic) bond motifs is 1. The number of hydrogen-bond donors (Lipinski definition) is 3. The van der Waals surface area contributed by atoms with Gasteiger partial charge in [-0.2, -0.15) is 9.49 Å². The molecule has 0 amide bonds. The fourth-order valence-corrected chi connectivity index (χ4v) is 4.32. The van der Waals surface area contributed by atoms with Crippen LogP contribution < -0.4 is 15.2 Å². The molecule has 2 aromatic carbocycles. The van der Waals surface area contributed by atoms with Gasteiger partial charge < -0.3 is 25.4 Å². The molecule has 0 spiro atoms. The molecular formula is C24H24FN5O4. The number of methoxy groups -OCH3 is 1. The Kier molecular flexibility index (Phi) is 5.76. The fourth-order valence-electron chi connectivity index (χ4n) is 4.32. The molecule has 0 radical (unpaired) electrons. The first-order chi connectivity index (χ1) is 16.5. The number of benzene rings is 2. The number of nitrogen functional groups attached to an aromatic ring is 1. The summed E-state index contributed by atoms with van der Waals surface area (Å²) in [4.78, 5) is 8.52. The van der Waals surface area contributed by atoms with Gasteiger partial charge in [0.25, 0.3) is 0 Å². The van der Waals surface area contributed by atoms with Crippen molar-refractivity contribution in [3.8, 4) is 28.5 Å². The Morgan fingerprint density at radius 3 is 2.53 bits per heavy atom. The van der Waals surface area contributed by atoms with E-state index in [0.717, 1.165) is 5.56 Å². The Morgan fingerprint density at radius 2 is 1.79 bits per heavy atom. The van der Waals surface area contributed by atoms with Crippen molar-refractivity contribution < 1.29 is 24.1 Å². The summed E-state index contributed by atoms with van der Waals surface area (Å²) in [5.74, 6) is 0.303. The number of ether oxygens (including phenoxy) is 2. The van der Waals surface area contributed by atoms with Crippen LogP contribution in [0, 0.1) is 5.82 Å². The molecule has 1 aliphatic rings. The maximum atomic E-state index is 14.4. The van der Waals surface area contributed by atoms with Gasteiger partial charge in [0.15, 0.2) is 17.1 Å². The monoisotopic (exact) mass is 465 g/mol. The minimum Gasteiger partial charge on any atom is -0.494 e. The summed E-state index contributed by atoms with van der Waals surface area (Å²) in [6.45, 7) is 0. The summed E-state index contributed by atoms with van der Waals surface area (Å²) >= 11 is 0. The molecule has 4 N–H and O–H groups in total. The van der Waals surface area contributed by atoms with Gasteiger partial charge in [-0.1, -0.05) is 6.07 Å². The molecule has 3 unspecified atom stereocenters. The van der Waals surface area contributed by atoms with Crippen LogP contribution >= 0.6 is 0 Å². The average molecular weight is 465 g/mol. The molecule has 0 saturated heterocycles. The second-order valence-electron chi connectivity index (χ2n) is 8.25. The molecular weight excluding hydrogens is 441 g/mol. The summed E-state index contributed by atoms with van der Waals surface area (Å²) in [6, 6.07) is 11.6. The molecule has 176 valence electrons. The van der Waals surface area contributed by atoms with Gasteiger partial charge >= 0.3 is 0 Å². The van der Waals surface area contributed by atoms with Crippen molar-refractivity contribution >= 4 is 16.9 Å². The number of hydrogen-bond acceptors (Lipinski definition) is 8. The van der Waals surface area contributed by atoms with Crippen molar-refractivity contribution in [1.29, 1.82) is 0 Å². The predicted octanol–water partition coefficient (Wildman–Crippen LogP) is 3.46. The summed E-state index contributed by atoms with van der Waals surface area (Å²) in [6.07, 6.45) is 1.30. The van der Waals surface area contributed by atoms with E-state index in [9.17, 15) is 14.6 Å². The standard InChI is InChI=1S/C24H24FN5O4/c1-33-18-3-2-4-19(21(18)25)34-15-8-5-13(6-9-15)22-20-23(26)27-12-28-24(20)30(29-22)14-7-10-16(31)17(32)11-14/h2-6,8-9,12,14,16-17,31-32H,7,10-11H2,1H3,(H2,26,27,28). The van der Waals surface area contributed by atoms with Crippen LogP contribution in [0.3, 0.4) is 0 Å². The first-order valence-electron chi connectivity index (χ1n) is 10.9. The minimum atomic E-state index is -0.825. The number of nitrogens with zero attached hydrogens (tertiary/aromatic N) is 4. The lowest BCUT2D eigenvalue weighted by Gasteiger charge is -2.30. The normalized spacial score (nSPS) is 20.4. The van der Waals surface area contributed by atoms with E-state index < -0.39 is 18.0 Å². The number of aliphatic hydroxyl groups excluding tert-OH is 2. The topological polar surface area (TPSA) is 129 Å². The third kappa shape index (κ3) is 3.91. The van der Waals surface area contributed by atoms with Crippen molar-refractivity contribution in [3.05, 3.63) is 54.6 Å². The predicted molar refractivity (Wildman–Crippen MR) is 123 cm³/mol. The number of aliphatic hydroxyl groups is 2. The van der Waals surface area contributed by atoms with Crippen LogP contribution in [-0.2, 0) is 0 Å². The molecule has 2 aromatic heterocycles. The van der Waals surface area contributed by atoms with E-state index in [2.05, 4.69) is 9.97 Å². The van der Waals surface area contributed by atoms with Crippen LogP contribution in [0.4, 0.5) is 10.2 Å². The molecule has 4 aromatic rings. The van der Waals surface area contributed by atoms with Gasteiger partial charge in [-0.3, -0.25) is 0 Å². The molecule has 1 fully saturated rings. The van der Waals surface area contributed by atoms with Crippen LogP contribution in [0.5, 0.6) is 17.2 Å². The maximum absolute atomic E-state index is 14.4. The van der Waals surface area contributed by atoms with Gasteiger partial charge in [0, 0.05) is 5.56 Å². The van der Waals surface area contributed by atoms with E-state index in [4.69, 9.17) is 20.3 Å². The number of rotatable bonds is 5. The van der Waals surface area contributed by atoms with Crippen molar-refractivity contribution in [2.24, 2.45) is 0 Å². The first kappa shape index (κ1) is 22.1. The van der Waals surface area contributed by atoms with Crippen LogP contribution in [0.2, 0.25) is 0 Å². The lowest BCUT2D eigenvalue weighted by molar-refractivity contribution is -0.0240. The summed E-state index contributed by atoms with van der Waals surface area (Å²) < 4.78 is 26.9. The third-order valence-corrected chi connectivity index (χ3v) is 6.12. The molecule has 9 nitrogen and oxygen atoms in total. The summed E-state index contributed by atoms with van der Waals surface area (Å²) in [7, 11) is 1.39. The zero-order valence-corrected chi connectivity index (χ0v) is 18.4. The van der Waals surface area contributed by atoms with Crippen molar-refractivity contribution in [3.63, 3.8) is 0 Å². The van der Waals surface area contributed by atoms with Gasteiger partial charge in [0.05, 0.1) is 30.7 Å². The molecule has 5 rings (SSSR count). The lowest BCUT2D eigenvalue weighted by Crippen LogP contribution is -2.34. The Bertz CT molecular complexity index is 1330. The Morgan fingerprint density at radius 1 is 1.03 bits per heavy atom. The Hall–Kier alpha value is -3.76. The molecule has 2 heterocycles. The summed E-state index contributed by atoms with van der Waals surface area (Å²) in [5.41, 5.74) is 8.10. The molecule has 34 heavy (non-hydrogen) atoms. The number of anilines is 1. The highest BCUT2D eigenvalue weighted by Crippen LogP contribution is 2.37. The van der Waals surface area contributed by atoms with E-state index in [0.29, 0.717) is 47.6 Å².